The van der Waals surface area contributed by atoms with Crippen molar-refractivity contribution >= 4 is 34.5 Å². The molecule has 0 spiro atoms. The number of hydrogen-bond donors (Lipinski definition) is 1. The first-order valence-corrected chi connectivity index (χ1v) is 11.4. The number of fused-ring (bicyclic) bond motifs is 1. The van der Waals surface area contributed by atoms with Gasteiger partial charge in [-0.25, -0.2) is 9.98 Å². The first kappa shape index (κ1) is 20.8. The molecule has 0 aromatic carbocycles. The Hall–Kier alpha value is -1.93. The number of guanidine groups is 1. The molecular formula is C20H29N5OS2. The van der Waals surface area contributed by atoms with Crippen molar-refractivity contribution in [2.45, 2.75) is 38.6 Å². The van der Waals surface area contributed by atoms with Crippen LogP contribution in [0.5, 0.6) is 0 Å². The van der Waals surface area contributed by atoms with Crippen LogP contribution in [-0.2, 0) is 30.6 Å². The maximum absolute atomic E-state index is 12.0. The highest BCUT2D eigenvalue weighted by atomic mass is 32.1. The fourth-order valence-electron chi connectivity index (χ4n) is 3.10. The van der Waals surface area contributed by atoms with Crippen LogP contribution in [0.25, 0.3) is 0 Å². The van der Waals surface area contributed by atoms with Crippen molar-refractivity contribution in [2.24, 2.45) is 4.99 Å². The van der Waals surface area contributed by atoms with Gasteiger partial charge in [0.1, 0.15) is 11.6 Å². The molecule has 2 aromatic heterocycles. The molecule has 1 aliphatic carbocycles. The van der Waals surface area contributed by atoms with Crippen LogP contribution in [0, 0.1) is 0 Å². The molecule has 8 heteroatoms. The smallest absolute Gasteiger partial charge is 0.243 e. The van der Waals surface area contributed by atoms with E-state index in [1.807, 2.05) is 18.4 Å². The Labute approximate surface area is 175 Å². The maximum atomic E-state index is 12.0. The Morgan fingerprint density at radius 1 is 1.29 bits per heavy atom. The summed E-state index contributed by atoms with van der Waals surface area (Å²) >= 11 is 3.58. The Morgan fingerprint density at radius 3 is 2.82 bits per heavy atom. The molecule has 3 rings (SSSR count). The number of carbonyl (C=O) groups excluding carboxylic acids is 1. The summed E-state index contributed by atoms with van der Waals surface area (Å²) in [5.41, 5.74) is 1.28. The highest BCUT2D eigenvalue weighted by Gasteiger charge is 2.17. The summed E-state index contributed by atoms with van der Waals surface area (Å²) in [7, 11) is 5.52. The van der Waals surface area contributed by atoms with Crippen molar-refractivity contribution in [1.29, 1.82) is 0 Å². The lowest BCUT2D eigenvalue weighted by atomic mass is 10.0. The first-order valence-electron chi connectivity index (χ1n) is 9.72. The Morgan fingerprint density at radius 2 is 2.11 bits per heavy atom. The van der Waals surface area contributed by atoms with Crippen molar-refractivity contribution in [3.05, 3.63) is 38.0 Å². The minimum Gasteiger partial charge on any atom is -0.356 e. The van der Waals surface area contributed by atoms with Crippen LogP contribution in [-0.4, -0.2) is 60.9 Å². The minimum atomic E-state index is -0.00401. The SMILES string of the molecule is CN(C)C(=O)CN=C(NCCc1cccs1)N(C)Cc1nc2c(s1)CCCC2. The molecule has 1 N–H and O–H groups in total. The van der Waals surface area contributed by atoms with Crippen LogP contribution in [0.3, 0.4) is 0 Å². The van der Waals surface area contributed by atoms with Gasteiger partial charge in [-0.3, -0.25) is 4.79 Å². The Bertz CT molecular complexity index is 774. The van der Waals surface area contributed by atoms with Crippen LogP contribution in [0.2, 0.25) is 0 Å². The average Bonchev–Trinajstić information content (AvgIpc) is 3.32. The minimum absolute atomic E-state index is 0.00401. The molecule has 0 atom stereocenters. The number of thiazole rings is 1. The number of aliphatic imine (C=N–C) groups is 1. The zero-order valence-electron chi connectivity index (χ0n) is 16.9. The predicted molar refractivity (Wildman–Crippen MR) is 117 cm³/mol. The van der Waals surface area contributed by atoms with E-state index < -0.39 is 0 Å². The molecule has 6 nitrogen and oxygen atoms in total. The lowest BCUT2D eigenvalue weighted by Gasteiger charge is -2.22. The molecule has 2 aromatic rings. The molecule has 1 aliphatic rings. The predicted octanol–water partition coefficient (Wildman–Crippen LogP) is 2.79. The van der Waals surface area contributed by atoms with Gasteiger partial charge in [0.25, 0.3) is 0 Å². The molecule has 0 radical (unpaired) electrons. The van der Waals surface area contributed by atoms with Crippen molar-refractivity contribution in [1.82, 2.24) is 20.1 Å². The molecule has 0 saturated heterocycles. The van der Waals surface area contributed by atoms with E-state index >= 15 is 0 Å². The topological polar surface area (TPSA) is 60.8 Å². The number of thiophene rings is 1. The monoisotopic (exact) mass is 419 g/mol. The van der Waals surface area contributed by atoms with Gasteiger partial charge in [-0.05, 0) is 43.6 Å². The summed E-state index contributed by atoms with van der Waals surface area (Å²) in [4.78, 5) is 27.8. The molecule has 1 amide bonds. The number of carbonyl (C=O) groups is 1. The largest absolute Gasteiger partial charge is 0.356 e. The van der Waals surface area contributed by atoms with Crippen LogP contribution in [0.4, 0.5) is 0 Å². The molecule has 28 heavy (non-hydrogen) atoms. The van der Waals surface area contributed by atoms with Crippen LogP contribution >= 0.6 is 22.7 Å². The quantitative estimate of drug-likeness (QED) is 0.554. The number of amides is 1. The summed E-state index contributed by atoms with van der Waals surface area (Å²) in [6, 6.07) is 4.21. The Kier molecular flexibility index (Phi) is 7.44. The maximum Gasteiger partial charge on any atom is 0.243 e. The van der Waals surface area contributed by atoms with E-state index in [1.54, 1.807) is 30.3 Å². The second-order valence-electron chi connectivity index (χ2n) is 7.22. The molecule has 0 fully saturated rings. The molecule has 0 unspecified atom stereocenters. The summed E-state index contributed by atoms with van der Waals surface area (Å²) < 4.78 is 0. The zero-order chi connectivity index (χ0) is 19.9. The third kappa shape index (κ3) is 5.78. The van der Waals surface area contributed by atoms with Gasteiger partial charge >= 0.3 is 0 Å². The van der Waals surface area contributed by atoms with E-state index in [0.29, 0.717) is 6.54 Å². The molecule has 152 valence electrons. The molecule has 0 aliphatic heterocycles. The summed E-state index contributed by atoms with van der Waals surface area (Å²) in [5.74, 6) is 0.746. The van der Waals surface area contributed by atoms with Crippen molar-refractivity contribution in [3.63, 3.8) is 0 Å². The second kappa shape index (κ2) is 10.0. The second-order valence-corrected chi connectivity index (χ2v) is 9.43. The number of nitrogens with zero attached hydrogens (tertiary/aromatic N) is 4. The third-order valence-electron chi connectivity index (χ3n) is 4.72. The number of nitrogens with one attached hydrogen (secondary N) is 1. The fraction of sp³-hybridized carbons (Fsp3) is 0.550. The first-order chi connectivity index (χ1) is 13.5. The van der Waals surface area contributed by atoms with Crippen LogP contribution in [0.1, 0.15) is 33.3 Å². The van der Waals surface area contributed by atoms with Gasteiger partial charge in [0.15, 0.2) is 5.96 Å². The van der Waals surface area contributed by atoms with E-state index in [1.165, 1.54) is 28.3 Å². The number of aryl methyl sites for hydroxylation is 2. The van der Waals surface area contributed by atoms with Crippen LogP contribution in [0.15, 0.2) is 22.5 Å². The number of likely N-dealkylation sites (N-methyl/N-ethyl adjacent to an activating group) is 1. The normalized spacial score (nSPS) is 13.9. The van der Waals surface area contributed by atoms with E-state index in [9.17, 15) is 4.79 Å². The van der Waals surface area contributed by atoms with Gasteiger partial charge < -0.3 is 15.1 Å². The van der Waals surface area contributed by atoms with E-state index in [4.69, 9.17) is 4.98 Å². The summed E-state index contributed by atoms with van der Waals surface area (Å²) in [5, 5.41) is 6.64. The number of aromatic nitrogens is 1. The van der Waals surface area contributed by atoms with Gasteiger partial charge in [0.2, 0.25) is 5.91 Å². The lowest BCUT2D eigenvalue weighted by molar-refractivity contribution is -0.127. The van der Waals surface area contributed by atoms with Crippen molar-refractivity contribution < 1.29 is 4.79 Å². The molecular weight excluding hydrogens is 390 g/mol. The van der Waals surface area contributed by atoms with Gasteiger partial charge in [-0.1, -0.05) is 6.07 Å². The lowest BCUT2D eigenvalue weighted by Crippen LogP contribution is -2.40. The molecule has 0 bridgehead atoms. The average molecular weight is 420 g/mol. The van der Waals surface area contributed by atoms with E-state index in [0.717, 1.165) is 36.8 Å². The molecule has 2 heterocycles. The van der Waals surface area contributed by atoms with Gasteiger partial charge in [-0.2, -0.15) is 0 Å². The standard InChI is InChI=1S/C20H29N5OS2/c1-24(2)19(26)13-22-20(21-11-10-15-7-6-12-27-15)25(3)14-18-23-16-8-4-5-9-17(16)28-18/h6-7,12H,4-5,8-11,13-14H2,1-3H3,(H,21,22). The molecule has 0 saturated carbocycles. The van der Waals surface area contributed by atoms with Gasteiger partial charge in [0, 0.05) is 37.4 Å². The fourth-order valence-corrected chi connectivity index (χ4v) is 5.02. The van der Waals surface area contributed by atoms with E-state index in [-0.39, 0.29) is 12.5 Å². The van der Waals surface area contributed by atoms with Gasteiger partial charge in [0.05, 0.1) is 12.2 Å². The van der Waals surface area contributed by atoms with Crippen molar-refractivity contribution in [3.8, 4) is 0 Å². The van der Waals surface area contributed by atoms with Crippen LogP contribution < -0.4 is 5.32 Å². The summed E-state index contributed by atoms with van der Waals surface area (Å²) in [6.07, 6.45) is 5.72. The highest BCUT2D eigenvalue weighted by Crippen LogP contribution is 2.27. The van der Waals surface area contributed by atoms with Crippen molar-refractivity contribution in [2.75, 3.05) is 34.2 Å². The number of hydrogen-bond acceptors (Lipinski definition) is 5. The number of rotatable bonds is 7. The van der Waals surface area contributed by atoms with Gasteiger partial charge in [-0.15, -0.1) is 22.7 Å². The van der Waals surface area contributed by atoms with E-state index in [2.05, 4.69) is 32.7 Å². The highest BCUT2D eigenvalue weighted by molar-refractivity contribution is 7.11. The zero-order valence-corrected chi connectivity index (χ0v) is 18.5. The summed E-state index contributed by atoms with van der Waals surface area (Å²) in [6.45, 7) is 1.64. The Balaban J connectivity index is 1.64. The third-order valence-corrected chi connectivity index (χ3v) is 6.80.